The van der Waals surface area contributed by atoms with Gasteiger partial charge in [0.1, 0.15) is 18.0 Å². The number of hydrazine groups is 1. The van der Waals surface area contributed by atoms with Crippen molar-refractivity contribution in [3.63, 3.8) is 0 Å². The monoisotopic (exact) mass is 573 g/mol. The van der Waals surface area contributed by atoms with Gasteiger partial charge in [-0.1, -0.05) is 54.6 Å². The Morgan fingerprint density at radius 1 is 0.952 bits per heavy atom. The number of phenols is 1. The largest absolute Gasteiger partial charge is 0.508 e. The van der Waals surface area contributed by atoms with Gasteiger partial charge in [-0.2, -0.15) is 0 Å². The number of benzene rings is 3. The van der Waals surface area contributed by atoms with E-state index >= 15 is 0 Å². The second-order valence-electron chi connectivity index (χ2n) is 10.3. The highest BCUT2D eigenvalue weighted by molar-refractivity contribution is 5.91. The maximum Gasteiger partial charge on any atom is 0.334 e. The summed E-state index contributed by atoms with van der Waals surface area (Å²) in [5.41, 5.74) is 2.45. The van der Waals surface area contributed by atoms with Gasteiger partial charge in [0.05, 0.1) is 27.3 Å². The molecule has 0 spiro atoms. The van der Waals surface area contributed by atoms with E-state index in [0.717, 1.165) is 16.7 Å². The van der Waals surface area contributed by atoms with Crippen molar-refractivity contribution in [3.05, 3.63) is 89.5 Å². The fourth-order valence-electron chi connectivity index (χ4n) is 5.64. The summed E-state index contributed by atoms with van der Waals surface area (Å²) in [6.45, 7) is 0.538. The summed E-state index contributed by atoms with van der Waals surface area (Å²) in [6, 6.07) is 20.3. The van der Waals surface area contributed by atoms with E-state index in [-0.39, 0.29) is 49.7 Å². The third-order valence-electron chi connectivity index (χ3n) is 7.65. The van der Waals surface area contributed by atoms with Gasteiger partial charge in [0, 0.05) is 32.1 Å². The second kappa shape index (κ2) is 12.4. The van der Waals surface area contributed by atoms with Crippen LogP contribution in [0, 0.1) is 0 Å². The average molecular weight is 574 g/mol. The molecule has 42 heavy (non-hydrogen) atoms. The smallest absolute Gasteiger partial charge is 0.334 e. The van der Waals surface area contributed by atoms with Gasteiger partial charge in [-0.25, -0.2) is 14.8 Å². The first kappa shape index (κ1) is 28.7. The van der Waals surface area contributed by atoms with E-state index in [1.54, 1.807) is 61.5 Å². The third-order valence-corrected chi connectivity index (χ3v) is 7.65. The molecule has 11 heteroatoms. The Morgan fingerprint density at radius 2 is 1.69 bits per heavy atom. The van der Waals surface area contributed by atoms with Crippen molar-refractivity contribution in [1.82, 2.24) is 25.1 Å². The molecule has 3 aromatic carbocycles. The number of nitrogens with zero attached hydrogens (tertiary/aromatic N) is 4. The molecule has 0 aliphatic carbocycles. The normalized spacial score (nSPS) is 19.0. The number of amides is 4. The Labute approximate surface area is 244 Å². The standard InChI is InChI=1S/C31H35N5O6/c1-33-20-28(38)35-25(16-21-12-14-24(37)15-13-21)30(39)34(18-23-10-7-11-26(41-2)29(23)42-3)19-27(35)36(33)31(40)32-17-22-8-5-4-6-9-22/h4-15,25,27,37H,16-20H2,1-3H3,(H,32,40)/t25-,27?/m0/s1. The quantitative estimate of drug-likeness (QED) is 0.426. The van der Waals surface area contributed by atoms with Crippen molar-refractivity contribution in [2.24, 2.45) is 0 Å². The maximum absolute atomic E-state index is 14.1. The first-order valence-electron chi connectivity index (χ1n) is 13.7. The number of piperazine rings is 1. The summed E-state index contributed by atoms with van der Waals surface area (Å²) in [4.78, 5) is 44.5. The highest BCUT2D eigenvalue weighted by Crippen LogP contribution is 2.34. The zero-order valence-corrected chi connectivity index (χ0v) is 23.9. The molecule has 2 atom stereocenters. The second-order valence-corrected chi connectivity index (χ2v) is 10.3. The van der Waals surface area contributed by atoms with Crippen molar-refractivity contribution in [3.8, 4) is 17.2 Å². The molecule has 0 radical (unpaired) electrons. The molecule has 3 aromatic rings. The molecule has 0 saturated carbocycles. The van der Waals surface area contributed by atoms with Crippen molar-refractivity contribution in [2.45, 2.75) is 31.7 Å². The number of para-hydroxylation sites is 1. The predicted molar refractivity (Wildman–Crippen MR) is 154 cm³/mol. The van der Waals surface area contributed by atoms with Gasteiger partial charge in [0.25, 0.3) is 0 Å². The molecular weight excluding hydrogens is 538 g/mol. The SMILES string of the molecule is COc1cccc(CN2CC3N(C(=O)CN(C)N3C(=O)NCc3ccccc3)[C@@H](Cc3ccc(O)cc3)C2=O)c1OC. The number of hydrogen-bond acceptors (Lipinski definition) is 7. The highest BCUT2D eigenvalue weighted by Gasteiger charge is 2.50. The Kier molecular flexibility index (Phi) is 8.48. The van der Waals surface area contributed by atoms with Gasteiger partial charge >= 0.3 is 6.03 Å². The number of urea groups is 1. The van der Waals surface area contributed by atoms with Gasteiger partial charge in [-0.3, -0.25) is 9.59 Å². The molecule has 0 aromatic heterocycles. The van der Waals surface area contributed by atoms with Gasteiger partial charge in [-0.15, -0.1) is 0 Å². The number of rotatable bonds is 8. The maximum atomic E-state index is 14.1. The molecule has 4 amide bonds. The summed E-state index contributed by atoms with van der Waals surface area (Å²) in [5, 5.41) is 15.9. The molecule has 2 N–H and O–H groups in total. The molecule has 2 fully saturated rings. The van der Waals surface area contributed by atoms with Gasteiger partial charge in [0.15, 0.2) is 11.5 Å². The first-order valence-corrected chi connectivity index (χ1v) is 13.7. The number of likely N-dealkylation sites (N-methyl/N-ethyl adjacent to an activating group) is 1. The number of methoxy groups -OCH3 is 2. The molecule has 2 heterocycles. The molecule has 2 saturated heterocycles. The minimum Gasteiger partial charge on any atom is -0.508 e. The number of fused-ring (bicyclic) bond motifs is 1. The van der Waals surface area contributed by atoms with E-state index in [2.05, 4.69) is 5.32 Å². The van der Waals surface area contributed by atoms with E-state index in [1.165, 1.54) is 9.91 Å². The summed E-state index contributed by atoms with van der Waals surface area (Å²) >= 11 is 0. The molecule has 0 bridgehead atoms. The number of hydrogen-bond donors (Lipinski definition) is 2. The topological polar surface area (TPSA) is 115 Å². The summed E-state index contributed by atoms with van der Waals surface area (Å²) < 4.78 is 11.1. The zero-order valence-electron chi connectivity index (χ0n) is 23.9. The van der Waals surface area contributed by atoms with Crippen molar-refractivity contribution in [2.75, 3.05) is 34.4 Å². The zero-order chi connectivity index (χ0) is 29.8. The van der Waals surface area contributed by atoms with Crippen LogP contribution in [-0.4, -0.2) is 89.3 Å². The van der Waals surface area contributed by atoms with Crippen molar-refractivity contribution in [1.29, 1.82) is 0 Å². The van der Waals surface area contributed by atoms with Gasteiger partial charge < -0.3 is 29.7 Å². The third kappa shape index (κ3) is 5.82. The van der Waals surface area contributed by atoms with Crippen LogP contribution in [-0.2, 0) is 29.1 Å². The van der Waals surface area contributed by atoms with E-state index in [9.17, 15) is 19.5 Å². The van der Waals surface area contributed by atoms with E-state index in [4.69, 9.17) is 9.47 Å². The van der Waals surface area contributed by atoms with Crippen molar-refractivity contribution < 1.29 is 29.0 Å². The molecule has 2 aliphatic heterocycles. The Morgan fingerprint density at radius 3 is 2.38 bits per heavy atom. The number of phenolic OH excluding ortho intramolecular Hbond substituents is 1. The van der Waals surface area contributed by atoms with Crippen LogP contribution >= 0.6 is 0 Å². The lowest BCUT2D eigenvalue weighted by molar-refractivity contribution is -0.187. The lowest BCUT2D eigenvalue weighted by Crippen LogP contribution is -2.76. The summed E-state index contributed by atoms with van der Waals surface area (Å²) in [5.74, 6) is 0.670. The number of carbonyl (C=O) groups is 3. The molecule has 1 unspecified atom stereocenters. The highest BCUT2D eigenvalue weighted by atomic mass is 16.5. The van der Waals surface area contributed by atoms with Crippen LogP contribution < -0.4 is 14.8 Å². The lowest BCUT2D eigenvalue weighted by atomic mass is 9.98. The summed E-state index contributed by atoms with van der Waals surface area (Å²) in [7, 11) is 4.79. The van der Waals surface area contributed by atoms with Gasteiger partial charge in [0.2, 0.25) is 11.8 Å². The lowest BCUT2D eigenvalue weighted by Gasteiger charge is -2.54. The van der Waals surface area contributed by atoms with Crippen LogP contribution in [0.3, 0.4) is 0 Å². The molecule has 2 aliphatic rings. The van der Waals surface area contributed by atoms with Crippen LogP contribution in [0.1, 0.15) is 16.7 Å². The van der Waals surface area contributed by atoms with Crippen LogP contribution in [0.5, 0.6) is 17.2 Å². The van der Waals surface area contributed by atoms with E-state index in [1.807, 2.05) is 42.5 Å². The van der Waals surface area contributed by atoms with Crippen LogP contribution in [0.25, 0.3) is 0 Å². The predicted octanol–water partition coefficient (Wildman–Crippen LogP) is 2.59. The van der Waals surface area contributed by atoms with Crippen molar-refractivity contribution >= 4 is 17.8 Å². The Balaban J connectivity index is 1.49. The Hall–Kier alpha value is -4.77. The molecule has 11 nitrogen and oxygen atoms in total. The van der Waals surface area contributed by atoms with Crippen LogP contribution in [0.4, 0.5) is 4.79 Å². The number of carbonyl (C=O) groups excluding carboxylic acids is 3. The average Bonchev–Trinajstić information content (AvgIpc) is 2.99. The minimum atomic E-state index is -0.865. The van der Waals surface area contributed by atoms with Crippen LogP contribution in [0.15, 0.2) is 72.8 Å². The number of nitrogens with one attached hydrogen (secondary N) is 1. The first-order chi connectivity index (χ1) is 20.3. The fraction of sp³-hybridized carbons (Fsp3) is 0.323. The van der Waals surface area contributed by atoms with E-state index in [0.29, 0.717) is 18.0 Å². The molecular formula is C31H35N5O6. The van der Waals surface area contributed by atoms with E-state index < -0.39 is 12.2 Å². The Bertz CT molecular complexity index is 1430. The number of aromatic hydroxyl groups is 1. The molecule has 220 valence electrons. The fourth-order valence-corrected chi connectivity index (χ4v) is 5.64. The summed E-state index contributed by atoms with van der Waals surface area (Å²) in [6.07, 6.45) is -0.528. The molecule has 5 rings (SSSR count). The van der Waals surface area contributed by atoms with Gasteiger partial charge in [-0.05, 0) is 29.3 Å². The minimum absolute atomic E-state index is 0.0572. The van der Waals surface area contributed by atoms with Crippen LogP contribution in [0.2, 0.25) is 0 Å². The number of ether oxygens (including phenoxy) is 2.